The number of halogens is 2. The first-order chi connectivity index (χ1) is 14.0. The van der Waals surface area contributed by atoms with Gasteiger partial charge in [-0.05, 0) is 37.1 Å². The van der Waals surface area contributed by atoms with Crippen molar-refractivity contribution >= 4 is 28.3 Å². The van der Waals surface area contributed by atoms with Crippen LogP contribution in [0.15, 0.2) is 53.9 Å². The first-order valence-electron chi connectivity index (χ1n) is 9.11. The third-order valence-corrected chi connectivity index (χ3v) is 5.55. The Kier molecular flexibility index (Phi) is 5.35. The maximum Gasteiger partial charge on any atom is 0.254 e. The van der Waals surface area contributed by atoms with Gasteiger partial charge in [-0.25, -0.2) is 13.8 Å². The van der Waals surface area contributed by atoms with Crippen molar-refractivity contribution in [2.24, 2.45) is 0 Å². The second-order valence-corrected chi connectivity index (χ2v) is 7.50. The molecule has 5 nitrogen and oxygen atoms in total. The Morgan fingerprint density at radius 2 is 1.79 bits per heavy atom. The van der Waals surface area contributed by atoms with E-state index < -0.39 is 17.7 Å². The second-order valence-electron chi connectivity index (χ2n) is 6.65. The maximum atomic E-state index is 13.9. The van der Waals surface area contributed by atoms with E-state index in [4.69, 9.17) is 0 Å². The van der Waals surface area contributed by atoms with Crippen LogP contribution in [0.1, 0.15) is 23.2 Å². The van der Waals surface area contributed by atoms with Gasteiger partial charge in [0.1, 0.15) is 17.7 Å². The topological polar surface area (TPSA) is 62.3 Å². The van der Waals surface area contributed by atoms with E-state index in [1.54, 1.807) is 29.2 Å². The SMILES string of the molecule is O=C(Nc1nc(-c2c(F)cccc2F)cs1)C1CCCN1C(=O)c1ccccc1. The van der Waals surface area contributed by atoms with Crippen molar-refractivity contribution < 1.29 is 18.4 Å². The van der Waals surface area contributed by atoms with Gasteiger partial charge < -0.3 is 10.2 Å². The number of thiazole rings is 1. The minimum atomic E-state index is -0.719. The monoisotopic (exact) mass is 413 g/mol. The van der Waals surface area contributed by atoms with Gasteiger partial charge in [-0.3, -0.25) is 9.59 Å². The molecule has 1 atom stereocenters. The Bertz CT molecular complexity index is 1030. The Morgan fingerprint density at radius 3 is 2.52 bits per heavy atom. The molecule has 0 aliphatic carbocycles. The van der Waals surface area contributed by atoms with Crippen molar-refractivity contribution in [3.8, 4) is 11.3 Å². The Balaban J connectivity index is 1.50. The lowest BCUT2D eigenvalue weighted by molar-refractivity contribution is -0.119. The molecule has 0 saturated carbocycles. The molecule has 0 spiro atoms. The summed E-state index contributed by atoms with van der Waals surface area (Å²) < 4.78 is 27.9. The minimum absolute atomic E-state index is 0.115. The lowest BCUT2D eigenvalue weighted by Gasteiger charge is -2.23. The molecule has 1 aromatic heterocycles. The molecule has 148 valence electrons. The van der Waals surface area contributed by atoms with E-state index in [-0.39, 0.29) is 28.2 Å². The van der Waals surface area contributed by atoms with Crippen LogP contribution in [0.4, 0.5) is 13.9 Å². The maximum absolute atomic E-state index is 13.9. The van der Waals surface area contributed by atoms with E-state index in [0.717, 1.165) is 29.9 Å². The van der Waals surface area contributed by atoms with Crippen molar-refractivity contribution in [3.63, 3.8) is 0 Å². The van der Waals surface area contributed by atoms with Crippen LogP contribution >= 0.6 is 11.3 Å². The summed E-state index contributed by atoms with van der Waals surface area (Å²) in [5.74, 6) is -2.00. The zero-order chi connectivity index (χ0) is 20.4. The number of nitrogens with one attached hydrogen (secondary N) is 1. The number of hydrogen-bond donors (Lipinski definition) is 1. The summed E-state index contributed by atoms with van der Waals surface area (Å²) in [6.07, 6.45) is 1.27. The number of nitrogens with zero attached hydrogens (tertiary/aromatic N) is 2. The largest absolute Gasteiger partial charge is 0.327 e. The highest BCUT2D eigenvalue weighted by atomic mass is 32.1. The fourth-order valence-corrected chi connectivity index (χ4v) is 4.11. The number of hydrogen-bond acceptors (Lipinski definition) is 4. The molecule has 1 fully saturated rings. The smallest absolute Gasteiger partial charge is 0.254 e. The molecule has 29 heavy (non-hydrogen) atoms. The summed E-state index contributed by atoms with van der Waals surface area (Å²) in [6.45, 7) is 0.495. The fourth-order valence-electron chi connectivity index (χ4n) is 3.41. The Labute approximate surface area is 170 Å². The van der Waals surface area contributed by atoms with Crippen molar-refractivity contribution in [2.75, 3.05) is 11.9 Å². The highest BCUT2D eigenvalue weighted by Gasteiger charge is 2.34. The van der Waals surface area contributed by atoms with Crippen LogP contribution < -0.4 is 5.32 Å². The molecule has 2 heterocycles. The van der Waals surface area contributed by atoms with Gasteiger partial charge in [0.2, 0.25) is 5.91 Å². The number of likely N-dealkylation sites (tertiary alicyclic amines) is 1. The molecule has 1 aliphatic rings. The lowest BCUT2D eigenvalue weighted by Crippen LogP contribution is -2.43. The number of rotatable bonds is 4. The molecule has 1 unspecified atom stereocenters. The van der Waals surface area contributed by atoms with Crippen LogP contribution in [0.2, 0.25) is 0 Å². The van der Waals surface area contributed by atoms with Gasteiger partial charge in [0.25, 0.3) is 5.91 Å². The molecular weight excluding hydrogens is 396 g/mol. The van der Waals surface area contributed by atoms with Gasteiger partial charge in [0, 0.05) is 17.5 Å². The highest BCUT2D eigenvalue weighted by Crippen LogP contribution is 2.30. The summed E-state index contributed by atoms with van der Waals surface area (Å²) in [5.41, 5.74) is 0.411. The molecule has 1 aliphatic heterocycles. The molecule has 0 bridgehead atoms. The molecule has 2 aromatic carbocycles. The number of aromatic nitrogens is 1. The fraction of sp³-hybridized carbons (Fsp3) is 0.190. The lowest BCUT2D eigenvalue weighted by atomic mass is 10.1. The number of carbonyl (C=O) groups is 2. The van der Waals surface area contributed by atoms with Crippen LogP contribution in [0, 0.1) is 11.6 Å². The number of anilines is 1. The van der Waals surface area contributed by atoms with Crippen LogP contribution in [0.3, 0.4) is 0 Å². The van der Waals surface area contributed by atoms with Crippen LogP contribution in [-0.4, -0.2) is 34.3 Å². The summed E-state index contributed by atoms with van der Waals surface area (Å²) in [5, 5.41) is 4.39. The number of benzene rings is 2. The van der Waals surface area contributed by atoms with Gasteiger partial charge in [-0.15, -0.1) is 11.3 Å². The van der Waals surface area contributed by atoms with Crippen LogP contribution in [0.25, 0.3) is 11.3 Å². The van der Waals surface area contributed by atoms with E-state index in [2.05, 4.69) is 10.3 Å². The average Bonchev–Trinajstić information content (AvgIpc) is 3.38. The van der Waals surface area contributed by atoms with E-state index in [9.17, 15) is 18.4 Å². The number of carbonyl (C=O) groups excluding carboxylic acids is 2. The molecular formula is C21H17F2N3O2S. The molecule has 1 saturated heterocycles. The Hall–Kier alpha value is -3.13. The van der Waals surface area contributed by atoms with E-state index in [0.29, 0.717) is 18.5 Å². The van der Waals surface area contributed by atoms with Gasteiger partial charge in [0.15, 0.2) is 5.13 Å². The minimum Gasteiger partial charge on any atom is -0.327 e. The second kappa shape index (κ2) is 8.08. The normalized spacial score (nSPS) is 16.1. The predicted octanol–water partition coefficient (Wildman–Crippen LogP) is 4.33. The Morgan fingerprint density at radius 1 is 1.07 bits per heavy atom. The summed E-state index contributed by atoms with van der Waals surface area (Å²) in [7, 11) is 0. The van der Waals surface area contributed by atoms with E-state index in [1.807, 2.05) is 6.07 Å². The highest BCUT2D eigenvalue weighted by molar-refractivity contribution is 7.14. The van der Waals surface area contributed by atoms with Crippen LogP contribution in [-0.2, 0) is 4.79 Å². The zero-order valence-corrected chi connectivity index (χ0v) is 16.1. The van der Waals surface area contributed by atoms with Gasteiger partial charge in [-0.1, -0.05) is 24.3 Å². The van der Waals surface area contributed by atoms with Crippen molar-refractivity contribution in [1.82, 2.24) is 9.88 Å². The van der Waals surface area contributed by atoms with Crippen molar-refractivity contribution in [3.05, 3.63) is 71.1 Å². The van der Waals surface area contributed by atoms with E-state index in [1.165, 1.54) is 11.4 Å². The predicted molar refractivity (Wildman–Crippen MR) is 107 cm³/mol. The van der Waals surface area contributed by atoms with E-state index >= 15 is 0 Å². The van der Waals surface area contributed by atoms with Crippen molar-refractivity contribution in [2.45, 2.75) is 18.9 Å². The number of amides is 2. The van der Waals surface area contributed by atoms with Gasteiger partial charge in [-0.2, -0.15) is 0 Å². The van der Waals surface area contributed by atoms with Gasteiger partial charge in [0.05, 0.1) is 11.3 Å². The quantitative estimate of drug-likeness (QED) is 0.693. The standard InChI is InChI=1S/C21H17F2N3O2S/c22-14-8-4-9-15(23)18(14)16-12-29-21(24-16)25-19(27)17-10-5-11-26(17)20(28)13-6-2-1-3-7-13/h1-4,6-9,12,17H,5,10-11H2,(H,24,25,27). The third-order valence-electron chi connectivity index (χ3n) is 4.79. The summed E-state index contributed by atoms with van der Waals surface area (Å²) >= 11 is 1.08. The summed E-state index contributed by atoms with van der Waals surface area (Å²) in [4.78, 5) is 31.2. The van der Waals surface area contributed by atoms with Crippen molar-refractivity contribution in [1.29, 1.82) is 0 Å². The first-order valence-corrected chi connectivity index (χ1v) is 9.99. The zero-order valence-electron chi connectivity index (χ0n) is 15.3. The van der Waals surface area contributed by atoms with Crippen LogP contribution in [0.5, 0.6) is 0 Å². The third kappa shape index (κ3) is 3.88. The molecule has 3 aromatic rings. The molecule has 1 N–H and O–H groups in total. The average molecular weight is 413 g/mol. The molecule has 2 amide bonds. The first kappa shape index (κ1) is 19.2. The molecule has 8 heteroatoms. The molecule has 4 rings (SSSR count). The van der Waals surface area contributed by atoms with Gasteiger partial charge >= 0.3 is 0 Å². The molecule has 0 radical (unpaired) electrons. The summed E-state index contributed by atoms with van der Waals surface area (Å²) in [6, 6.07) is 11.8.